The molecule has 0 spiro atoms. The number of rotatable bonds is 8. The van der Waals surface area contributed by atoms with E-state index in [9.17, 15) is 9.59 Å². The molecule has 0 saturated carbocycles. The summed E-state index contributed by atoms with van der Waals surface area (Å²) in [6.07, 6.45) is 6.16. The second kappa shape index (κ2) is 10.3. The van der Waals surface area contributed by atoms with Gasteiger partial charge in [-0.25, -0.2) is 9.78 Å². The Bertz CT molecular complexity index is 1140. The highest BCUT2D eigenvalue weighted by molar-refractivity contribution is 6.14. The highest BCUT2D eigenvalue weighted by atomic mass is 16.5. The lowest BCUT2D eigenvalue weighted by Crippen LogP contribution is -2.36. The first-order chi connectivity index (χ1) is 16.4. The number of likely N-dealkylation sites (tertiary alicyclic amines) is 1. The van der Waals surface area contributed by atoms with E-state index < -0.39 is 11.9 Å². The lowest BCUT2D eigenvalue weighted by molar-refractivity contribution is 0.0589. The predicted octanol–water partition coefficient (Wildman–Crippen LogP) is 4.22. The molecule has 1 saturated heterocycles. The quantitative estimate of drug-likeness (QED) is 0.478. The van der Waals surface area contributed by atoms with Gasteiger partial charge in [-0.05, 0) is 63.5 Å². The van der Waals surface area contributed by atoms with Gasteiger partial charge in [0, 0.05) is 18.0 Å². The van der Waals surface area contributed by atoms with Gasteiger partial charge in [-0.2, -0.15) is 0 Å². The van der Waals surface area contributed by atoms with Gasteiger partial charge in [0.05, 0.1) is 30.9 Å². The molecule has 1 aliphatic heterocycles. The van der Waals surface area contributed by atoms with Crippen LogP contribution in [0.25, 0.3) is 11.0 Å². The fourth-order valence-corrected chi connectivity index (χ4v) is 4.32. The second-order valence-electron chi connectivity index (χ2n) is 9.30. The van der Waals surface area contributed by atoms with Crippen molar-refractivity contribution < 1.29 is 18.7 Å². The summed E-state index contributed by atoms with van der Waals surface area (Å²) in [4.78, 5) is 32.8. The average Bonchev–Trinajstić information content (AvgIpc) is 3.46. The Balaban J connectivity index is 1.77. The third-order valence-electron chi connectivity index (χ3n) is 6.28. The van der Waals surface area contributed by atoms with Crippen LogP contribution in [0.15, 0.2) is 35.1 Å². The minimum absolute atomic E-state index is 0.160. The van der Waals surface area contributed by atoms with E-state index in [2.05, 4.69) is 36.4 Å². The normalized spacial score (nSPS) is 15.1. The molecule has 1 aliphatic rings. The summed E-state index contributed by atoms with van der Waals surface area (Å²) in [7, 11) is 3.47. The van der Waals surface area contributed by atoms with E-state index in [0.717, 1.165) is 38.0 Å². The minimum Gasteiger partial charge on any atom is -0.464 e. The van der Waals surface area contributed by atoms with Crippen LogP contribution in [0.3, 0.4) is 0 Å². The van der Waals surface area contributed by atoms with Crippen LogP contribution in [0, 0.1) is 5.92 Å². The molecule has 34 heavy (non-hydrogen) atoms. The Morgan fingerprint density at radius 3 is 2.71 bits per heavy atom. The van der Waals surface area contributed by atoms with Gasteiger partial charge in [-0.1, -0.05) is 13.8 Å². The number of amides is 1. The molecule has 3 aromatic rings. The number of aromatic nitrogens is 2. The van der Waals surface area contributed by atoms with Gasteiger partial charge in [0.2, 0.25) is 0 Å². The maximum Gasteiger partial charge on any atom is 0.356 e. The number of hydrogen-bond donors (Lipinski definition) is 2. The molecule has 0 aliphatic carbocycles. The number of methoxy groups -OCH3 is 1. The Kier molecular flexibility index (Phi) is 7.21. The van der Waals surface area contributed by atoms with Crippen molar-refractivity contribution in [2.24, 2.45) is 5.92 Å². The first-order valence-corrected chi connectivity index (χ1v) is 11.8. The molecule has 3 aromatic heterocycles. The number of furan rings is 1. The summed E-state index contributed by atoms with van der Waals surface area (Å²) in [6.45, 7) is 6.90. The van der Waals surface area contributed by atoms with E-state index in [1.807, 2.05) is 10.6 Å². The largest absolute Gasteiger partial charge is 0.464 e. The highest BCUT2D eigenvalue weighted by Gasteiger charge is 2.27. The van der Waals surface area contributed by atoms with Crippen LogP contribution in [0.5, 0.6) is 0 Å². The molecule has 4 heterocycles. The van der Waals surface area contributed by atoms with Gasteiger partial charge in [-0.15, -0.1) is 0 Å². The zero-order valence-corrected chi connectivity index (χ0v) is 20.3. The Labute approximate surface area is 199 Å². The number of ether oxygens (including phenoxy) is 1. The molecule has 9 nitrogen and oxygen atoms in total. The number of carbonyl (C=O) groups is 2. The van der Waals surface area contributed by atoms with Gasteiger partial charge in [-0.3, -0.25) is 4.79 Å². The van der Waals surface area contributed by atoms with Crippen LogP contribution in [0.1, 0.15) is 54.2 Å². The van der Waals surface area contributed by atoms with E-state index >= 15 is 0 Å². The number of nitrogens with one attached hydrogen (secondary N) is 2. The van der Waals surface area contributed by atoms with E-state index in [1.54, 1.807) is 18.3 Å². The number of aryl methyl sites for hydroxylation is 1. The van der Waals surface area contributed by atoms with E-state index in [-0.39, 0.29) is 11.5 Å². The van der Waals surface area contributed by atoms with Gasteiger partial charge in [0.25, 0.3) is 5.91 Å². The number of anilines is 2. The predicted molar refractivity (Wildman–Crippen MR) is 131 cm³/mol. The topological polar surface area (TPSA) is 102 Å². The number of esters is 1. The molecule has 1 fully saturated rings. The lowest BCUT2D eigenvalue weighted by Gasteiger charge is -2.30. The number of piperidine rings is 1. The zero-order valence-electron chi connectivity index (χ0n) is 20.3. The summed E-state index contributed by atoms with van der Waals surface area (Å²) < 4.78 is 12.2. The van der Waals surface area contributed by atoms with Crippen molar-refractivity contribution >= 4 is 34.3 Å². The van der Waals surface area contributed by atoms with Crippen LogP contribution >= 0.6 is 0 Å². The molecule has 0 aromatic carbocycles. The molecular formula is C25H33N5O4. The van der Waals surface area contributed by atoms with Gasteiger partial charge in [0.1, 0.15) is 5.65 Å². The van der Waals surface area contributed by atoms with Crippen molar-refractivity contribution in [1.29, 1.82) is 0 Å². The first-order valence-electron chi connectivity index (χ1n) is 11.8. The van der Waals surface area contributed by atoms with E-state index in [4.69, 9.17) is 14.1 Å². The number of fused-ring (bicyclic) bond motifs is 1. The summed E-state index contributed by atoms with van der Waals surface area (Å²) in [5.41, 5.74) is 2.14. The van der Waals surface area contributed by atoms with Crippen LogP contribution < -0.4 is 10.6 Å². The van der Waals surface area contributed by atoms with Gasteiger partial charge in [0.15, 0.2) is 11.5 Å². The molecule has 0 atom stereocenters. The Morgan fingerprint density at radius 2 is 2.06 bits per heavy atom. The Hall–Kier alpha value is -3.33. The summed E-state index contributed by atoms with van der Waals surface area (Å²) in [6, 6.07) is 5.53. The van der Waals surface area contributed by atoms with Crippen molar-refractivity contribution in [3.63, 3.8) is 0 Å². The maximum atomic E-state index is 12.9. The number of hydrogen-bond acceptors (Lipinski definition) is 7. The molecule has 1 amide bonds. The van der Waals surface area contributed by atoms with E-state index in [1.165, 1.54) is 13.4 Å². The van der Waals surface area contributed by atoms with Crippen molar-refractivity contribution in [2.75, 3.05) is 37.9 Å². The van der Waals surface area contributed by atoms with Crippen molar-refractivity contribution in [3.05, 3.63) is 42.1 Å². The van der Waals surface area contributed by atoms with Gasteiger partial charge < -0.3 is 29.3 Å². The van der Waals surface area contributed by atoms with Crippen molar-refractivity contribution in [2.45, 2.75) is 45.7 Å². The molecule has 2 N–H and O–H groups in total. The monoisotopic (exact) mass is 467 g/mol. The minimum atomic E-state index is -0.527. The average molecular weight is 468 g/mol. The number of nitrogens with zero attached hydrogens (tertiary/aromatic N) is 3. The lowest BCUT2D eigenvalue weighted by atomic mass is 10.1. The van der Waals surface area contributed by atoms with Crippen LogP contribution in [0.2, 0.25) is 0 Å². The van der Waals surface area contributed by atoms with E-state index in [0.29, 0.717) is 35.2 Å². The molecular weight excluding hydrogens is 434 g/mol. The van der Waals surface area contributed by atoms with Crippen LogP contribution in [0.4, 0.5) is 11.4 Å². The molecule has 9 heteroatoms. The zero-order chi connectivity index (χ0) is 24.2. The second-order valence-corrected chi connectivity index (χ2v) is 9.30. The fraction of sp³-hybridized carbons (Fsp3) is 0.480. The molecule has 182 valence electrons. The van der Waals surface area contributed by atoms with Crippen molar-refractivity contribution in [1.82, 2.24) is 14.5 Å². The molecule has 0 bridgehead atoms. The first kappa shape index (κ1) is 23.8. The third-order valence-corrected chi connectivity index (χ3v) is 6.28. The number of carbonyl (C=O) groups excluding carboxylic acids is 2. The molecule has 0 radical (unpaired) electrons. The molecule has 4 rings (SSSR count). The highest BCUT2D eigenvalue weighted by Crippen LogP contribution is 2.34. The van der Waals surface area contributed by atoms with Crippen molar-refractivity contribution in [3.8, 4) is 0 Å². The maximum absolute atomic E-state index is 12.9. The number of pyridine rings is 1. The summed E-state index contributed by atoms with van der Waals surface area (Å²) in [5.74, 6) is -0.380. The smallest absolute Gasteiger partial charge is 0.356 e. The molecule has 0 unspecified atom stereocenters. The van der Waals surface area contributed by atoms with Crippen LogP contribution in [-0.4, -0.2) is 59.6 Å². The standard InChI is InChI=1S/C25H33N5O4/c1-16(2)7-12-30-22(25(32)33-4)21(28-24(31)20-6-5-13-34-20)19-14-18(15-26-23(19)30)27-17-8-10-29(3)11-9-17/h5-6,13-17,27H,7-12H2,1-4H3,(H,28,31). The third kappa shape index (κ3) is 5.09. The van der Waals surface area contributed by atoms with Gasteiger partial charge >= 0.3 is 5.97 Å². The SMILES string of the molecule is COC(=O)c1c(NC(=O)c2ccco2)c2cc(NC3CCN(C)CC3)cnc2n1CCC(C)C. The van der Waals surface area contributed by atoms with Crippen LogP contribution in [-0.2, 0) is 11.3 Å². The Morgan fingerprint density at radius 1 is 1.29 bits per heavy atom. The summed E-state index contributed by atoms with van der Waals surface area (Å²) >= 11 is 0. The fourth-order valence-electron chi connectivity index (χ4n) is 4.32. The summed E-state index contributed by atoms with van der Waals surface area (Å²) in [5, 5.41) is 7.15.